The molecule has 0 aliphatic rings. The zero-order valence-electron chi connectivity index (χ0n) is 11.0. The van der Waals surface area contributed by atoms with Crippen LogP contribution in [-0.4, -0.2) is 33.0 Å². The molecule has 0 atom stereocenters. The topological polar surface area (TPSA) is 101 Å². The highest BCUT2D eigenvalue weighted by atomic mass is 35.5. The van der Waals surface area contributed by atoms with E-state index in [1.54, 1.807) is 0 Å². The normalized spacial score (nSPS) is 10.8. The molecule has 20 heavy (non-hydrogen) atoms. The number of hydrogen-bond acceptors (Lipinski definition) is 5. The van der Waals surface area contributed by atoms with Gasteiger partial charge in [0.15, 0.2) is 4.90 Å². The molecule has 0 saturated carbocycles. The smallest absolute Gasteiger partial charge is 0.289 e. The van der Waals surface area contributed by atoms with E-state index in [-0.39, 0.29) is 23.8 Å². The number of nitro groups is 1. The van der Waals surface area contributed by atoms with Crippen molar-refractivity contribution in [3.05, 3.63) is 34.4 Å². The third kappa shape index (κ3) is 5.41. The zero-order valence-corrected chi connectivity index (χ0v) is 12.7. The number of nitrogens with zero attached hydrogens (tertiary/aromatic N) is 1. The van der Waals surface area contributed by atoms with Crippen LogP contribution in [0.2, 0.25) is 0 Å². The van der Waals surface area contributed by atoms with E-state index in [1.807, 2.05) is 6.92 Å². The summed E-state index contributed by atoms with van der Waals surface area (Å²) in [5, 5.41) is 13.8. The Balaban J connectivity index is 0.00000361. The van der Waals surface area contributed by atoms with Gasteiger partial charge in [0.1, 0.15) is 0 Å². The Morgan fingerprint density at radius 1 is 1.20 bits per heavy atom. The van der Waals surface area contributed by atoms with Crippen molar-refractivity contribution in [3.8, 4) is 0 Å². The van der Waals surface area contributed by atoms with Crippen LogP contribution in [0, 0.1) is 10.1 Å². The Bertz CT molecular complexity index is 536. The molecular weight excluding hydrogens is 306 g/mol. The predicted octanol–water partition coefficient (Wildman–Crippen LogP) is 1.29. The molecule has 0 aliphatic heterocycles. The summed E-state index contributed by atoms with van der Waals surface area (Å²) in [5.41, 5.74) is -0.420. The molecule has 0 bridgehead atoms. The van der Waals surface area contributed by atoms with E-state index in [2.05, 4.69) is 10.0 Å². The third-order valence-corrected chi connectivity index (χ3v) is 3.88. The lowest BCUT2D eigenvalue weighted by molar-refractivity contribution is -0.387. The lowest BCUT2D eigenvalue weighted by Crippen LogP contribution is -2.32. The van der Waals surface area contributed by atoms with Gasteiger partial charge in [0.05, 0.1) is 4.92 Å². The summed E-state index contributed by atoms with van der Waals surface area (Å²) in [4.78, 5) is 9.77. The fourth-order valence-corrected chi connectivity index (χ4v) is 2.69. The van der Waals surface area contributed by atoms with Gasteiger partial charge in [-0.25, -0.2) is 13.1 Å². The van der Waals surface area contributed by atoms with Gasteiger partial charge in [0, 0.05) is 19.2 Å². The standard InChI is InChI=1S/C11H17N3O4S.ClH/c1-2-7-12-8-9-13-19(17,18)11-6-4-3-5-10(11)14(15)16;/h3-6,12-13H,2,7-9H2,1H3;1H. The molecule has 114 valence electrons. The fraction of sp³-hybridized carbons (Fsp3) is 0.455. The van der Waals surface area contributed by atoms with Crippen LogP contribution in [0.4, 0.5) is 5.69 Å². The van der Waals surface area contributed by atoms with E-state index >= 15 is 0 Å². The Morgan fingerprint density at radius 2 is 1.85 bits per heavy atom. The fourth-order valence-electron chi connectivity index (χ4n) is 1.49. The molecule has 1 rings (SSSR count). The van der Waals surface area contributed by atoms with Gasteiger partial charge in [-0.1, -0.05) is 19.1 Å². The van der Waals surface area contributed by atoms with Crippen LogP contribution in [0.3, 0.4) is 0 Å². The molecule has 1 aromatic carbocycles. The molecule has 2 N–H and O–H groups in total. The van der Waals surface area contributed by atoms with Crippen LogP contribution in [0.1, 0.15) is 13.3 Å². The van der Waals surface area contributed by atoms with Gasteiger partial charge in [-0.15, -0.1) is 12.4 Å². The summed E-state index contributed by atoms with van der Waals surface area (Å²) in [5.74, 6) is 0. The Morgan fingerprint density at radius 3 is 2.45 bits per heavy atom. The minimum absolute atomic E-state index is 0. The van der Waals surface area contributed by atoms with Crippen LogP contribution in [-0.2, 0) is 10.0 Å². The summed E-state index contributed by atoms with van der Waals surface area (Å²) in [6, 6.07) is 5.28. The van der Waals surface area contributed by atoms with E-state index in [0.29, 0.717) is 6.54 Å². The van der Waals surface area contributed by atoms with Gasteiger partial charge >= 0.3 is 0 Å². The summed E-state index contributed by atoms with van der Waals surface area (Å²) in [6.45, 7) is 3.47. The lowest BCUT2D eigenvalue weighted by Gasteiger charge is -2.07. The van der Waals surface area contributed by atoms with Gasteiger partial charge in [0.2, 0.25) is 10.0 Å². The minimum atomic E-state index is -3.85. The molecule has 0 aliphatic carbocycles. The Labute approximate surface area is 124 Å². The van der Waals surface area contributed by atoms with Crippen LogP contribution < -0.4 is 10.0 Å². The van der Waals surface area contributed by atoms with Crippen molar-refractivity contribution in [2.75, 3.05) is 19.6 Å². The van der Waals surface area contributed by atoms with Gasteiger partial charge in [-0.05, 0) is 19.0 Å². The third-order valence-electron chi connectivity index (χ3n) is 2.37. The lowest BCUT2D eigenvalue weighted by atomic mass is 10.3. The second-order valence-electron chi connectivity index (χ2n) is 3.87. The second-order valence-corrected chi connectivity index (χ2v) is 5.61. The quantitative estimate of drug-likeness (QED) is 0.426. The molecule has 0 radical (unpaired) electrons. The molecule has 0 spiro atoms. The number of nitro benzene ring substituents is 1. The monoisotopic (exact) mass is 323 g/mol. The van der Waals surface area contributed by atoms with E-state index in [9.17, 15) is 18.5 Å². The van der Waals surface area contributed by atoms with Crippen LogP contribution in [0.15, 0.2) is 29.2 Å². The molecule has 0 fully saturated rings. The van der Waals surface area contributed by atoms with Crippen LogP contribution in [0.5, 0.6) is 0 Å². The van der Waals surface area contributed by atoms with Crippen molar-refractivity contribution < 1.29 is 13.3 Å². The van der Waals surface area contributed by atoms with Crippen molar-refractivity contribution in [2.24, 2.45) is 0 Å². The van der Waals surface area contributed by atoms with E-state index in [1.165, 1.54) is 24.3 Å². The van der Waals surface area contributed by atoms with Crippen molar-refractivity contribution in [3.63, 3.8) is 0 Å². The number of nitrogens with one attached hydrogen (secondary N) is 2. The number of halogens is 1. The highest BCUT2D eigenvalue weighted by Crippen LogP contribution is 2.22. The van der Waals surface area contributed by atoms with Gasteiger partial charge < -0.3 is 5.32 Å². The first-order valence-corrected chi connectivity index (χ1v) is 7.41. The highest BCUT2D eigenvalue weighted by Gasteiger charge is 2.24. The van der Waals surface area contributed by atoms with Crippen molar-refractivity contribution in [2.45, 2.75) is 18.2 Å². The second kappa shape index (κ2) is 8.85. The maximum atomic E-state index is 11.9. The van der Waals surface area contributed by atoms with Gasteiger partial charge in [0.25, 0.3) is 5.69 Å². The van der Waals surface area contributed by atoms with Crippen molar-refractivity contribution in [1.82, 2.24) is 10.0 Å². The summed E-state index contributed by atoms with van der Waals surface area (Å²) in [6.07, 6.45) is 0.955. The first-order valence-electron chi connectivity index (χ1n) is 5.93. The van der Waals surface area contributed by atoms with E-state index in [0.717, 1.165) is 13.0 Å². The molecule has 9 heteroatoms. The molecule has 0 unspecified atom stereocenters. The maximum Gasteiger partial charge on any atom is 0.289 e. The number of sulfonamides is 1. The summed E-state index contributed by atoms with van der Waals surface area (Å²) in [7, 11) is -3.85. The Hall–Kier alpha value is -1.22. The molecule has 0 heterocycles. The minimum Gasteiger partial charge on any atom is -0.315 e. The first kappa shape index (κ1) is 18.8. The average molecular weight is 324 g/mol. The number of rotatable bonds is 8. The Kier molecular flexibility index (Phi) is 8.31. The highest BCUT2D eigenvalue weighted by molar-refractivity contribution is 7.89. The average Bonchev–Trinajstić information content (AvgIpc) is 2.38. The molecule has 0 saturated heterocycles. The van der Waals surface area contributed by atoms with E-state index < -0.39 is 20.6 Å². The molecule has 7 nitrogen and oxygen atoms in total. The predicted molar refractivity (Wildman–Crippen MR) is 78.7 cm³/mol. The van der Waals surface area contributed by atoms with Crippen molar-refractivity contribution >= 4 is 28.1 Å². The molecular formula is C11H18ClN3O4S. The van der Waals surface area contributed by atoms with Crippen LogP contribution >= 0.6 is 12.4 Å². The zero-order chi connectivity index (χ0) is 14.3. The summed E-state index contributed by atoms with van der Waals surface area (Å²) >= 11 is 0. The maximum absolute atomic E-state index is 11.9. The van der Waals surface area contributed by atoms with Crippen LogP contribution in [0.25, 0.3) is 0 Å². The molecule has 0 amide bonds. The molecule has 0 aromatic heterocycles. The number of para-hydroxylation sites is 1. The first-order chi connectivity index (χ1) is 8.99. The van der Waals surface area contributed by atoms with E-state index in [4.69, 9.17) is 0 Å². The van der Waals surface area contributed by atoms with Gasteiger partial charge in [-0.2, -0.15) is 0 Å². The van der Waals surface area contributed by atoms with Gasteiger partial charge in [-0.3, -0.25) is 10.1 Å². The largest absolute Gasteiger partial charge is 0.315 e. The van der Waals surface area contributed by atoms with Crippen molar-refractivity contribution in [1.29, 1.82) is 0 Å². The summed E-state index contributed by atoms with van der Waals surface area (Å²) < 4.78 is 26.2. The number of hydrogen-bond donors (Lipinski definition) is 2. The molecule has 1 aromatic rings. The number of benzene rings is 1. The SMILES string of the molecule is CCCNCCNS(=O)(=O)c1ccccc1[N+](=O)[O-].Cl.